The first kappa shape index (κ1) is 16.8. The van der Waals surface area contributed by atoms with Crippen LogP contribution in [0.3, 0.4) is 0 Å². The minimum atomic E-state index is -0.0818. The molecule has 0 aliphatic heterocycles. The van der Waals surface area contributed by atoms with Gasteiger partial charge in [0.25, 0.3) is 0 Å². The zero-order valence-electron chi connectivity index (χ0n) is 14.6. The van der Waals surface area contributed by atoms with E-state index in [2.05, 4.69) is 10.4 Å². The lowest BCUT2D eigenvalue weighted by Crippen LogP contribution is -2.17. The van der Waals surface area contributed by atoms with Gasteiger partial charge in [0.2, 0.25) is 5.91 Å². The number of benzene rings is 2. The molecule has 3 rings (SSSR count). The van der Waals surface area contributed by atoms with Gasteiger partial charge in [-0.1, -0.05) is 30.3 Å². The zero-order chi connectivity index (χ0) is 17.8. The van der Waals surface area contributed by atoms with Gasteiger partial charge in [0.1, 0.15) is 11.6 Å². The molecule has 1 aromatic heterocycles. The molecule has 5 nitrogen and oxygen atoms in total. The Morgan fingerprint density at radius 3 is 2.56 bits per heavy atom. The number of ether oxygens (including phenoxy) is 1. The number of carbonyl (C=O) groups is 1. The van der Waals surface area contributed by atoms with Crippen molar-refractivity contribution in [3.05, 3.63) is 71.4 Å². The third kappa shape index (κ3) is 3.88. The average molecular weight is 335 g/mol. The van der Waals surface area contributed by atoms with Crippen LogP contribution < -0.4 is 10.1 Å². The van der Waals surface area contributed by atoms with Crippen molar-refractivity contribution in [1.82, 2.24) is 9.78 Å². The van der Waals surface area contributed by atoms with E-state index in [1.807, 2.05) is 68.4 Å². The van der Waals surface area contributed by atoms with Gasteiger partial charge in [-0.15, -0.1) is 0 Å². The summed E-state index contributed by atoms with van der Waals surface area (Å²) in [5.41, 5.74) is 3.71. The summed E-state index contributed by atoms with van der Waals surface area (Å²) in [5.74, 6) is 1.41. The quantitative estimate of drug-likeness (QED) is 0.774. The summed E-state index contributed by atoms with van der Waals surface area (Å²) in [6.07, 6.45) is 0.295. The second-order valence-electron chi connectivity index (χ2n) is 5.95. The van der Waals surface area contributed by atoms with Gasteiger partial charge >= 0.3 is 0 Å². The Kier molecular flexibility index (Phi) is 4.84. The maximum atomic E-state index is 12.5. The Morgan fingerprint density at radius 2 is 1.88 bits per heavy atom. The van der Waals surface area contributed by atoms with Gasteiger partial charge in [-0.05, 0) is 43.2 Å². The van der Waals surface area contributed by atoms with Crippen molar-refractivity contribution in [2.24, 2.45) is 0 Å². The summed E-state index contributed by atoms with van der Waals surface area (Å²) >= 11 is 0. The number of hydrogen-bond acceptors (Lipinski definition) is 3. The van der Waals surface area contributed by atoms with Crippen LogP contribution in [0.1, 0.15) is 16.8 Å². The highest BCUT2D eigenvalue weighted by Crippen LogP contribution is 2.20. The van der Waals surface area contributed by atoms with Crippen molar-refractivity contribution in [1.29, 1.82) is 0 Å². The average Bonchev–Trinajstić information content (AvgIpc) is 2.96. The molecule has 5 heteroatoms. The van der Waals surface area contributed by atoms with E-state index in [9.17, 15) is 4.79 Å². The summed E-state index contributed by atoms with van der Waals surface area (Å²) in [4.78, 5) is 12.5. The van der Waals surface area contributed by atoms with Crippen molar-refractivity contribution in [3.63, 3.8) is 0 Å². The van der Waals surface area contributed by atoms with Gasteiger partial charge in [0, 0.05) is 6.07 Å². The van der Waals surface area contributed by atoms with Gasteiger partial charge in [-0.3, -0.25) is 4.79 Å². The number of methoxy groups -OCH3 is 1. The number of aryl methyl sites for hydroxylation is 2. The van der Waals surface area contributed by atoms with E-state index in [4.69, 9.17) is 4.74 Å². The van der Waals surface area contributed by atoms with Gasteiger partial charge in [0.05, 0.1) is 24.9 Å². The Labute approximate surface area is 147 Å². The minimum absolute atomic E-state index is 0.0818. The van der Waals surface area contributed by atoms with Gasteiger partial charge in [-0.2, -0.15) is 5.10 Å². The Balaban J connectivity index is 1.77. The molecule has 0 saturated heterocycles. The van der Waals surface area contributed by atoms with Crippen LogP contribution in [0, 0.1) is 13.8 Å². The van der Waals surface area contributed by atoms with E-state index in [0.717, 1.165) is 28.3 Å². The molecule has 128 valence electrons. The zero-order valence-corrected chi connectivity index (χ0v) is 14.6. The van der Waals surface area contributed by atoms with Gasteiger partial charge in [0.15, 0.2) is 0 Å². The monoisotopic (exact) mass is 335 g/mol. The highest BCUT2D eigenvalue weighted by Gasteiger charge is 2.12. The molecule has 2 aromatic carbocycles. The molecule has 25 heavy (non-hydrogen) atoms. The number of nitrogens with one attached hydrogen (secondary N) is 1. The van der Waals surface area contributed by atoms with Crippen molar-refractivity contribution < 1.29 is 9.53 Å². The van der Waals surface area contributed by atoms with Crippen LogP contribution in [-0.4, -0.2) is 22.8 Å². The number of anilines is 1. The molecule has 0 atom stereocenters. The summed E-state index contributed by atoms with van der Waals surface area (Å²) in [5, 5.41) is 7.42. The molecule has 0 radical (unpaired) electrons. The first-order valence-electron chi connectivity index (χ1n) is 8.12. The van der Waals surface area contributed by atoms with Crippen molar-refractivity contribution in [3.8, 4) is 11.4 Å². The third-order valence-corrected chi connectivity index (χ3v) is 3.92. The molecule has 0 unspecified atom stereocenters. The highest BCUT2D eigenvalue weighted by molar-refractivity contribution is 5.91. The van der Waals surface area contributed by atoms with E-state index in [1.165, 1.54) is 0 Å². The second-order valence-corrected chi connectivity index (χ2v) is 5.95. The van der Waals surface area contributed by atoms with Crippen LogP contribution in [0.25, 0.3) is 5.69 Å². The number of para-hydroxylation sites is 1. The van der Waals surface area contributed by atoms with Crippen LogP contribution in [0.4, 0.5) is 5.82 Å². The molecular weight excluding hydrogens is 314 g/mol. The largest absolute Gasteiger partial charge is 0.496 e. The fourth-order valence-electron chi connectivity index (χ4n) is 2.78. The third-order valence-electron chi connectivity index (χ3n) is 3.92. The maximum absolute atomic E-state index is 12.5. The molecule has 1 N–H and O–H groups in total. The standard InChI is InChI=1S/C20H21N3O2/c1-14-11-16(9-10-18(14)25-3)13-20(24)21-19-12-15(2)22-23(19)17-7-5-4-6-8-17/h4-12H,13H2,1-3H3,(H,21,24). The Morgan fingerprint density at radius 1 is 1.12 bits per heavy atom. The second kappa shape index (κ2) is 7.21. The van der Waals surface area contributed by atoms with E-state index in [1.54, 1.807) is 11.8 Å². The fourth-order valence-corrected chi connectivity index (χ4v) is 2.78. The summed E-state index contributed by atoms with van der Waals surface area (Å²) in [7, 11) is 1.64. The summed E-state index contributed by atoms with van der Waals surface area (Å²) in [6, 6.07) is 17.4. The predicted molar refractivity (Wildman–Crippen MR) is 98.4 cm³/mol. The lowest BCUT2D eigenvalue weighted by molar-refractivity contribution is -0.115. The van der Waals surface area contributed by atoms with Crippen LogP contribution in [0.15, 0.2) is 54.6 Å². The van der Waals surface area contributed by atoms with Crippen LogP contribution >= 0.6 is 0 Å². The van der Waals surface area contributed by atoms with Crippen molar-refractivity contribution in [2.45, 2.75) is 20.3 Å². The lowest BCUT2D eigenvalue weighted by atomic mass is 10.1. The van der Waals surface area contributed by atoms with Gasteiger partial charge in [-0.25, -0.2) is 4.68 Å². The first-order chi connectivity index (χ1) is 12.1. The molecule has 1 heterocycles. The van der Waals surface area contributed by atoms with E-state index in [-0.39, 0.29) is 5.91 Å². The SMILES string of the molecule is COc1ccc(CC(=O)Nc2cc(C)nn2-c2ccccc2)cc1C. The van der Waals surface area contributed by atoms with Crippen molar-refractivity contribution >= 4 is 11.7 Å². The van der Waals surface area contributed by atoms with E-state index >= 15 is 0 Å². The minimum Gasteiger partial charge on any atom is -0.496 e. The van der Waals surface area contributed by atoms with Crippen molar-refractivity contribution in [2.75, 3.05) is 12.4 Å². The predicted octanol–water partition coefficient (Wildman–Crippen LogP) is 3.68. The molecule has 1 amide bonds. The van der Waals surface area contributed by atoms with Crippen LogP contribution in [-0.2, 0) is 11.2 Å². The topological polar surface area (TPSA) is 56.1 Å². The molecular formula is C20H21N3O2. The smallest absolute Gasteiger partial charge is 0.229 e. The molecule has 0 fully saturated rings. The number of amides is 1. The molecule has 0 bridgehead atoms. The number of rotatable bonds is 5. The summed E-state index contributed by atoms with van der Waals surface area (Å²) in [6.45, 7) is 3.87. The normalized spacial score (nSPS) is 10.5. The molecule has 0 saturated carbocycles. The molecule has 0 aliphatic rings. The number of hydrogen-bond donors (Lipinski definition) is 1. The maximum Gasteiger partial charge on any atom is 0.229 e. The Bertz CT molecular complexity index is 885. The number of nitrogens with zero attached hydrogens (tertiary/aromatic N) is 2. The molecule has 0 aliphatic carbocycles. The van der Waals surface area contributed by atoms with E-state index in [0.29, 0.717) is 12.2 Å². The molecule has 3 aromatic rings. The van der Waals surface area contributed by atoms with Gasteiger partial charge < -0.3 is 10.1 Å². The van der Waals surface area contributed by atoms with E-state index < -0.39 is 0 Å². The highest BCUT2D eigenvalue weighted by atomic mass is 16.5. The number of aromatic nitrogens is 2. The number of carbonyl (C=O) groups excluding carboxylic acids is 1. The lowest BCUT2D eigenvalue weighted by Gasteiger charge is -2.10. The van der Waals surface area contributed by atoms with Crippen LogP contribution in [0.5, 0.6) is 5.75 Å². The molecule has 0 spiro atoms. The summed E-state index contributed by atoms with van der Waals surface area (Å²) < 4.78 is 7.00. The first-order valence-corrected chi connectivity index (χ1v) is 8.12. The fraction of sp³-hybridized carbons (Fsp3) is 0.200. The Hall–Kier alpha value is -3.08. The van der Waals surface area contributed by atoms with Crippen LogP contribution in [0.2, 0.25) is 0 Å².